The van der Waals surface area contributed by atoms with Crippen LogP contribution in [0.15, 0.2) is 63.5 Å². The molecule has 0 saturated carbocycles. The zero-order chi connectivity index (χ0) is 26.5. The van der Waals surface area contributed by atoms with E-state index in [0.717, 1.165) is 17.8 Å². The molecule has 0 bridgehead atoms. The number of aromatic nitrogens is 1. The Morgan fingerprint density at radius 1 is 1.19 bits per heavy atom. The number of nitrogens with zero attached hydrogens (tertiary/aromatic N) is 2. The van der Waals surface area contributed by atoms with E-state index in [0.29, 0.717) is 28.4 Å². The maximum Gasteiger partial charge on any atom is 0.338 e. The Morgan fingerprint density at radius 3 is 2.62 bits per heavy atom. The van der Waals surface area contributed by atoms with Crippen molar-refractivity contribution in [2.24, 2.45) is 4.99 Å². The molecule has 0 amide bonds. The van der Waals surface area contributed by atoms with Crippen LogP contribution in [-0.4, -0.2) is 37.5 Å². The topological polar surface area (TPSA) is 79.1 Å². The summed E-state index contributed by atoms with van der Waals surface area (Å²) in [6, 6.07) is 10.7. The molecule has 0 N–H and O–H groups in total. The first kappa shape index (κ1) is 26.8. The van der Waals surface area contributed by atoms with Crippen LogP contribution in [0.4, 0.5) is 4.39 Å². The van der Waals surface area contributed by atoms with E-state index in [9.17, 15) is 14.0 Å². The van der Waals surface area contributed by atoms with Gasteiger partial charge in [0.1, 0.15) is 18.2 Å². The lowest BCUT2D eigenvalue weighted by Gasteiger charge is -2.25. The van der Waals surface area contributed by atoms with Crippen LogP contribution in [0, 0.1) is 5.82 Å². The van der Waals surface area contributed by atoms with Crippen LogP contribution in [0.25, 0.3) is 6.08 Å². The third kappa shape index (κ3) is 5.69. The van der Waals surface area contributed by atoms with Gasteiger partial charge >= 0.3 is 5.97 Å². The van der Waals surface area contributed by atoms with Gasteiger partial charge in [0.2, 0.25) is 0 Å². The summed E-state index contributed by atoms with van der Waals surface area (Å²) in [5.41, 5.74) is 1.03. The fourth-order valence-electron chi connectivity index (χ4n) is 3.94. The van der Waals surface area contributed by atoms with Crippen molar-refractivity contribution in [2.45, 2.75) is 26.3 Å². The first-order valence-electron chi connectivity index (χ1n) is 11.7. The number of hydrogen-bond acceptors (Lipinski definition) is 7. The molecule has 10 heteroatoms. The minimum absolute atomic E-state index is 0.0544. The van der Waals surface area contributed by atoms with Crippen molar-refractivity contribution in [3.63, 3.8) is 0 Å². The number of rotatable bonds is 9. The highest BCUT2D eigenvalue weighted by Gasteiger charge is 2.33. The van der Waals surface area contributed by atoms with E-state index in [2.05, 4.69) is 4.99 Å². The molecule has 1 atom stereocenters. The molecule has 1 aliphatic heterocycles. The number of hydrogen-bond donors (Lipinski definition) is 0. The van der Waals surface area contributed by atoms with E-state index in [4.69, 9.17) is 25.8 Å². The molecule has 0 radical (unpaired) electrons. The second-order valence-electron chi connectivity index (χ2n) is 8.26. The maximum atomic E-state index is 14.5. The standard InChI is InChI=1S/C27H26ClFN2O5S/c1-4-12-35-18-10-8-17(9-11-18)24-23(26(33)36-14-13-34-3)16(2)30-27-31(24)25(32)22(37-27)15-19-20(28)6-5-7-21(19)29/h5-11,15,24H,4,12-14H2,1-3H3. The summed E-state index contributed by atoms with van der Waals surface area (Å²) in [7, 11) is 1.51. The summed E-state index contributed by atoms with van der Waals surface area (Å²) in [5, 5.41) is 0.184. The lowest BCUT2D eigenvalue weighted by atomic mass is 9.96. The average Bonchev–Trinajstić information content (AvgIpc) is 3.19. The van der Waals surface area contributed by atoms with Crippen LogP contribution in [0.5, 0.6) is 5.75 Å². The highest BCUT2D eigenvalue weighted by Crippen LogP contribution is 2.31. The molecule has 0 spiro atoms. The smallest absolute Gasteiger partial charge is 0.338 e. The quantitative estimate of drug-likeness (QED) is 0.300. The first-order valence-corrected chi connectivity index (χ1v) is 12.9. The summed E-state index contributed by atoms with van der Waals surface area (Å²) in [6.07, 6.45) is 2.28. The van der Waals surface area contributed by atoms with Crippen molar-refractivity contribution in [2.75, 3.05) is 26.9 Å². The molecular formula is C27H26ClFN2O5S. The summed E-state index contributed by atoms with van der Waals surface area (Å²) in [4.78, 5) is 31.8. The Bertz CT molecular complexity index is 1490. The predicted molar refractivity (Wildman–Crippen MR) is 140 cm³/mol. The van der Waals surface area contributed by atoms with Crippen LogP contribution < -0.4 is 19.6 Å². The minimum atomic E-state index is -0.801. The Balaban J connectivity index is 1.87. The highest BCUT2D eigenvalue weighted by molar-refractivity contribution is 7.07. The second-order valence-corrected chi connectivity index (χ2v) is 9.68. The first-order chi connectivity index (χ1) is 17.8. The van der Waals surface area contributed by atoms with Gasteiger partial charge in [0.15, 0.2) is 4.80 Å². The molecule has 2 aromatic carbocycles. The number of carbonyl (C=O) groups excluding carboxylic acids is 1. The van der Waals surface area contributed by atoms with Gasteiger partial charge < -0.3 is 14.2 Å². The molecule has 7 nitrogen and oxygen atoms in total. The predicted octanol–water partition coefficient (Wildman–Crippen LogP) is 4.01. The molecule has 37 heavy (non-hydrogen) atoms. The van der Waals surface area contributed by atoms with Crippen LogP contribution >= 0.6 is 22.9 Å². The number of fused-ring (bicyclic) bond motifs is 1. The van der Waals surface area contributed by atoms with E-state index in [1.54, 1.807) is 25.1 Å². The molecule has 0 fully saturated rings. The lowest BCUT2D eigenvalue weighted by molar-refractivity contribution is -0.140. The van der Waals surface area contributed by atoms with Gasteiger partial charge in [-0.3, -0.25) is 9.36 Å². The third-order valence-electron chi connectivity index (χ3n) is 5.71. The van der Waals surface area contributed by atoms with Crippen molar-refractivity contribution in [1.29, 1.82) is 0 Å². The summed E-state index contributed by atoms with van der Waals surface area (Å²) < 4.78 is 32.2. The number of methoxy groups -OCH3 is 1. The van der Waals surface area contributed by atoms with Gasteiger partial charge in [0.05, 0.1) is 40.1 Å². The molecule has 0 saturated heterocycles. The number of halogens is 2. The molecule has 194 valence electrons. The number of carbonyl (C=O) groups is 1. The highest BCUT2D eigenvalue weighted by atomic mass is 35.5. The Morgan fingerprint density at radius 2 is 1.95 bits per heavy atom. The second kappa shape index (κ2) is 11.9. The molecule has 0 aliphatic carbocycles. The van der Waals surface area contributed by atoms with E-state index in [-0.39, 0.29) is 33.9 Å². The largest absolute Gasteiger partial charge is 0.494 e. The summed E-state index contributed by atoms with van der Waals surface area (Å²) >= 11 is 7.29. The number of benzene rings is 2. The van der Waals surface area contributed by atoms with E-state index >= 15 is 0 Å². The molecule has 2 heterocycles. The molecule has 1 unspecified atom stereocenters. The fourth-order valence-corrected chi connectivity index (χ4v) is 5.19. The van der Waals surface area contributed by atoms with E-state index < -0.39 is 23.4 Å². The molecule has 3 aromatic rings. The van der Waals surface area contributed by atoms with Gasteiger partial charge in [0, 0.05) is 12.7 Å². The Hall–Kier alpha value is -3.27. The summed E-state index contributed by atoms with van der Waals surface area (Å²) in [5.74, 6) is -0.464. The monoisotopic (exact) mass is 544 g/mol. The lowest BCUT2D eigenvalue weighted by Crippen LogP contribution is -2.40. The van der Waals surface area contributed by atoms with Gasteiger partial charge in [-0.1, -0.05) is 48.1 Å². The fraction of sp³-hybridized carbons (Fsp3) is 0.296. The van der Waals surface area contributed by atoms with Crippen molar-refractivity contribution in [3.8, 4) is 5.75 Å². The number of ether oxygens (including phenoxy) is 3. The zero-order valence-electron chi connectivity index (χ0n) is 20.6. The van der Waals surface area contributed by atoms with Gasteiger partial charge in [-0.2, -0.15) is 0 Å². The van der Waals surface area contributed by atoms with Crippen LogP contribution in [-0.2, 0) is 14.3 Å². The van der Waals surface area contributed by atoms with Gasteiger partial charge in [-0.05, 0) is 49.2 Å². The third-order valence-corrected chi connectivity index (χ3v) is 7.02. The van der Waals surface area contributed by atoms with Crippen molar-refractivity contribution in [1.82, 2.24) is 4.57 Å². The van der Waals surface area contributed by atoms with Crippen LogP contribution in [0.2, 0.25) is 5.02 Å². The maximum absolute atomic E-state index is 14.5. The van der Waals surface area contributed by atoms with E-state index in [1.807, 2.05) is 19.1 Å². The number of thiazole rings is 1. The van der Waals surface area contributed by atoms with Crippen LogP contribution in [0.3, 0.4) is 0 Å². The van der Waals surface area contributed by atoms with Crippen molar-refractivity contribution >= 4 is 35.0 Å². The number of allylic oxidation sites excluding steroid dienone is 1. The number of esters is 1. The minimum Gasteiger partial charge on any atom is -0.494 e. The van der Waals surface area contributed by atoms with Gasteiger partial charge in [-0.15, -0.1) is 0 Å². The SMILES string of the molecule is CCCOc1ccc(C2C(C(=O)OCCOC)=C(C)N=c3sc(=Cc4c(F)cccc4Cl)c(=O)n32)cc1. The molecule has 1 aliphatic rings. The van der Waals surface area contributed by atoms with Crippen LogP contribution in [0.1, 0.15) is 37.4 Å². The van der Waals surface area contributed by atoms with E-state index in [1.165, 1.54) is 29.9 Å². The molecule has 1 aromatic heterocycles. The molecule has 4 rings (SSSR count). The van der Waals surface area contributed by atoms with Crippen molar-refractivity contribution < 1.29 is 23.4 Å². The summed E-state index contributed by atoms with van der Waals surface area (Å²) in [6.45, 7) is 4.57. The zero-order valence-corrected chi connectivity index (χ0v) is 22.2. The van der Waals surface area contributed by atoms with Gasteiger partial charge in [0.25, 0.3) is 5.56 Å². The van der Waals surface area contributed by atoms with Crippen molar-refractivity contribution in [3.05, 3.63) is 95.4 Å². The Labute approximate surface area is 222 Å². The average molecular weight is 545 g/mol. The molecular weight excluding hydrogens is 519 g/mol. The normalized spacial score (nSPS) is 15.4. The van der Waals surface area contributed by atoms with Gasteiger partial charge in [-0.25, -0.2) is 14.2 Å². The Kier molecular flexibility index (Phi) is 8.58.